The molecule has 2 rings (SSSR count). The van der Waals surface area contributed by atoms with Gasteiger partial charge in [-0.25, -0.2) is 4.98 Å². The van der Waals surface area contributed by atoms with Crippen molar-refractivity contribution in [3.05, 3.63) is 12.4 Å². The van der Waals surface area contributed by atoms with Crippen LogP contribution < -0.4 is 5.32 Å². The van der Waals surface area contributed by atoms with E-state index in [0.29, 0.717) is 17.0 Å². The minimum Gasteiger partial charge on any atom is -0.365 e. The van der Waals surface area contributed by atoms with Crippen molar-refractivity contribution in [1.29, 1.82) is 0 Å². The predicted molar refractivity (Wildman–Crippen MR) is 64.2 cm³/mol. The third kappa shape index (κ3) is 2.35. The van der Waals surface area contributed by atoms with Gasteiger partial charge in [-0.3, -0.25) is 0 Å². The second-order valence-corrected chi connectivity index (χ2v) is 5.17. The van der Waals surface area contributed by atoms with Crippen molar-refractivity contribution in [2.24, 2.45) is 5.41 Å². The van der Waals surface area contributed by atoms with Crippen LogP contribution in [0.4, 0.5) is 10.2 Å². The Morgan fingerprint density at radius 1 is 1.35 bits per heavy atom. The highest BCUT2D eigenvalue weighted by atomic mass is 19.1. The van der Waals surface area contributed by atoms with Crippen molar-refractivity contribution < 1.29 is 4.39 Å². The Morgan fingerprint density at radius 2 is 2.06 bits per heavy atom. The van der Waals surface area contributed by atoms with E-state index in [1.54, 1.807) is 0 Å². The maximum atomic E-state index is 13.2. The normalized spacial score (nSPS) is 13.9. The van der Waals surface area contributed by atoms with Gasteiger partial charge in [0.05, 0.1) is 6.33 Å². The summed E-state index contributed by atoms with van der Waals surface area (Å²) in [5.41, 5.74) is 1.01. The predicted octanol–water partition coefficient (Wildman–Crippen LogP) is 2.34. The highest BCUT2D eigenvalue weighted by molar-refractivity contribution is 5.82. The molecule has 17 heavy (non-hydrogen) atoms. The van der Waals surface area contributed by atoms with Gasteiger partial charge in [0.2, 0.25) is 0 Å². The Bertz CT molecular complexity index is 528. The Kier molecular flexibility index (Phi) is 2.73. The third-order valence-electron chi connectivity index (χ3n) is 2.90. The zero-order valence-corrected chi connectivity index (χ0v) is 10.4. The van der Waals surface area contributed by atoms with Crippen molar-refractivity contribution in [3.63, 3.8) is 0 Å². The summed E-state index contributed by atoms with van der Waals surface area (Å²) in [6, 6.07) is 0.136. The number of nitrogens with zero attached hydrogens (tertiary/aromatic N) is 3. The molecule has 2 N–H and O–H groups in total. The highest BCUT2D eigenvalue weighted by Gasteiger charge is 2.22. The van der Waals surface area contributed by atoms with Crippen LogP contribution in [0.25, 0.3) is 11.2 Å². The lowest BCUT2D eigenvalue weighted by Gasteiger charge is -2.28. The molecule has 2 aromatic heterocycles. The van der Waals surface area contributed by atoms with Crippen molar-refractivity contribution in [1.82, 2.24) is 19.9 Å². The van der Waals surface area contributed by atoms with E-state index in [4.69, 9.17) is 0 Å². The first-order chi connectivity index (χ1) is 7.88. The number of aromatic amines is 1. The van der Waals surface area contributed by atoms with Crippen molar-refractivity contribution >= 4 is 17.0 Å². The SMILES string of the molecule is C[C@@H](Nc1nc(F)nc2[nH]cnc12)C(C)(C)C. The first kappa shape index (κ1) is 11.8. The molecule has 0 amide bonds. The van der Waals surface area contributed by atoms with Crippen molar-refractivity contribution in [3.8, 4) is 0 Å². The summed E-state index contributed by atoms with van der Waals surface area (Å²) < 4.78 is 13.2. The number of fused-ring (bicyclic) bond motifs is 1. The first-order valence-electron chi connectivity index (χ1n) is 5.51. The molecule has 0 aromatic carbocycles. The number of H-pyrrole nitrogens is 1. The molecule has 6 heteroatoms. The molecule has 0 saturated carbocycles. The Labute approximate surface area is 98.9 Å². The minimum atomic E-state index is -0.759. The van der Waals surface area contributed by atoms with Crippen molar-refractivity contribution in [2.75, 3.05) is 5.32 Å². The Balaban J connectivity index is 2.38. The van der Waals surface area contributed by atoms with Gasteiger partial charge in [0.25, 0.3) is 0 Å². The zero-order chi connectivity index (χ0) is 12.6. The van der Waals surface area contributed by atoms with Crippen LogP contribution >= 0.6 is 0 Å². The van der Waals surface area contributed by atoms with Gasteiger partial charge < -0.3 is 10.3 Å². The summed E-state index contributed by atoms with van der Waals surface area (Å²) >= 11 is 0. The van der Waals surface area contributed by atoms with E-state index in [1.807, 2.05) is 6.92 Å². The molecule has 0 aliphatic rings. The van der Waals surface area contributed by atoms with Crippen LogP contribution in [0, 0.1) is 11.5 Å². The number of hydrogen-bond acceptors (Lipinski definition) is 4. The molecule has 0 spiro atoms. The monoisotopic (exact) mass is 237 g/mol. The van der Waals surface area contributed by atoms with E-state index in [-0.39, 0.29) is 11.5 Å². The fraction of sp³-hybridized carbons (Fsp3) is 0.545. The second-order valence-electron chi connectivity index (χ2n) is 5.17. The molecule has 0 aliphatic carbocycles. The lowest BCUT2D eigenvalue weighted by molar-refractivity contribution is 0.358. The first-order valence-corrected chi connectivity index (χ1v) is 5.51. The van der Waals surface area contributed by atoms with E-state index >= 15 is 0 Å². The van der Waals surface area contributed by atoms with Gasteiger partial charge in [-0.05, 0) is 12.3 Å². The molecule has 2 heterocycles. The van der Waals surface area contributed by atoms with E-state index in [2.05, 4.69) is 46.0 Å². The summed E-state index contributed by atoms with van der Waals surface area (Å²) in [6.07, 6.45) is 0.719. The third-order valence-corrected chi connectivity index (χ3v) is 2.90. The largest absolute Gasteiger partial charge is 0.365 e. The lowest BCUT2D eigenvalue weighted by Crippen LogP contribution is -2.31. The minimum absolute atomic E-state index is 0.0457. The Hall–Kier alpha value is -1.72. The molecule has 0 radical (unpaired) electrons. The standard InChI is InChI=1S/C11H16FN5/c1-6(11(2,3)4)15-9-7-8(14-5-13-7)16-10(12)17-9/h5-6H,1-4H3,(H2,13,14,15,16,17)/t6-/m1/s1. The number of imidazole rings is 1. The van der Waals surface area contributed by atoms with Gasteiger partial charge in [0.1, 0.15) is 5.52 Å². The van der Waals surface area contributed by atoms with Crippen LogP contribution in [-0.2, 0) is 0 Å². The molecule has 0 unspecified atom stereocenters. The summed E-state index contributed by atoms with van der Waals surface area (Å²) in [7, 11) is 0. The summed E-state index contributed by atoms with van der Waals surface area (Å²) in [6.45, 7) is 8.33. The summed E-state index contributed by atoms with van der Waals surface area (Å²) in [5.74, 6) is 0.427. The van der Waals surface area contributed by atoms with Gasteiger partial charge in [0, 0.05) is 6.04 Å². The fourth-order valence-corrected chi connectivity index (χ4v) is 1.33. The molecule has 0 saturated heterocycles. The number of hydrogen-bond donors (Lipinski definition) is 2. The Morgan fingerprint density at radius 3 is 2.71 bits per heavy atom. The number of rotatable bonds is 2. The molecular weight excluding hydrogens is 221 g/mol. The van der Waals surface area contributed by atoms with E-state index in [1.165, 1.54) is 6.33 Å². The van der Waals surface area contributed by atoms with Gasteiger partial charge in [0.15, 0.2) is 11.5 Å². The van der Waals surface area contributed by atoms with Crippen LogP contribution in [0.5, 0.6) is 0 Å². The number of anilines is 1. The topological polar surface area (TPSA) is 66.5 Å². The second kappa shape index (κ2) is 3.94. The van der Waals surface area contributed by atoms with Crippen LogP contribution in [0.1, 0.15) is 27.7 Å². The number of nitrogens with one attached hydrogen (secondary N) is 2. The van der Waals surface area contributed by atoms with Gasteiger partial charge >= 0.3 is 6.08 Å². The van der Waals surface area contributed by atoms with E-state index < -0.39 is 6.08 Å². The maximum absolute atomic E-state index is 13.2. The molecule has 1 atom stereocenters. The van der Waals surface area contributed by atoms with Gasteiger partial charge in [-0.2, -0.15) is 14.4 Å². The van der Waals surface area contributed by atoms with Gasteiger partial charge in [-0.15, -0.1) is 0 Å². The number of aromatic nitrogens is 4. The zero-order valence-electron chi connectivity index (χ0n) is 10.4. The molecule has 92 valence electrons. The molecule has 2 aromatic rings. The lowest BCUT2D eigenvalue weighted by atomic mass is 9.88. The van der Waals surface area contributed by atoms with E-state index in [9.17, 15) is 4.39 Å². The number of halogens is 1. The molecule has 5 nitrogen and oxygen atoms in total. The average Bonchev–Trinajstić information content (AvgIpc) is 2.63. The van der Waals surface area contributed by atoms with Gasteiger partial charge in [-0.1, -0.05) is 20.8 Å². The van der Waals surface area contributed by atoms with E-state index in [0.717, 1.165) is 0 Å². The summed E-state index contributed by atoms with van der Waals surface area (Å²) in [4.78, 5) is 14.2. The molecule has 0 aliphatic heterocycles. The van der Waals surface area contributed by atoms with Crippen LogP contribution in [-0.4, -0.2) is 26.0 Å². The van der Waals surface area contributed by atoms with Crippen molar-refractivity contribution in [2.45, 2.75) is 33.7 Å². The molecular formula is C11H16FN5. The van der Waals surface area contributed by atoms with Crippen LogP contribution in [0.15, 0.2) is 6.33 Å². The molecule has 0 bridgehead atoms. The average molecular weight is 237 g/mol. The highest BCUT2D eigenvalue weighted by Crippen LogP contribution is 2.24. The maximum Gasteiger partial charge on any atom is 0.312 e. The summed E-state index contributed by atoms with van der Waals surface area (Å²) in [5, 5.41) is 3.18. The quantitative estimate of drug-likeness (QED) is 0.787. The van der Waals surface area contributed by atoms with Crippen LogP contribution in [0.3, 0.4) is 0 Å². The fourth-order valence-electron chi connectivity index (χ4n) is 1.33. The smallest absolute Gasteiger partial charge is 0.312 e. The molecule has 0 fully saturated rings. The van der Waals surface area contributed by atoms with Crippen LogP contribution in [0.2, 0.25) is 0 Å².